The number of carbonyl (C=O) groups is 2. The molecule has 0 aromatic rings. The van der Waals surface area contributed by atoms with E-state index in [9.17, 15) is 9.59 Å². The Balaban J connectivity index is 2.24. The van der Waals surface area contributed by atoms with Gasteiger partial charge in [-0.05, 0) is 55.2 Å². The number of carbonyl (C=O) groups excluding carboxylic acids is 2. The number of rotatable bonds is 6. The summed E-state index contributed by atoms with van der Waals surface area (Å²) in [5.74, 6) is 0.897. The van der Waals surface area contributed by atoms with Crippen LogP contribution in [0.3, 0.4) is 0 Å². The molecule has 3 nitrogen and oxygen atoms in total. The van der Waals surface area contributed by atoms with Crippen molar-refractivity contribution >= 4 is 39.9 Å². The summed E-state index contributed by atoms with van der Waals surface area (Å²) < 4.78 is 6.12. The molecule has 0 radical (unpaired) electrons. The van der Waals surface area contributed by atoms with Crippen molar-refractivity contribution in [2.45, 2.75) is 78.4 Å². The zero-order valence-corrected chi connectivity index (χ0v) is 17.9. The monoisotopic (exact) mass is 384 g/mol. The molecule has 2 aliphatic rings. The average molecular weight is 385 g/mol. The highest BCUT2D eigenvalue weighted by atomic mass is 32.2. The van der Waals surface area contributed by atoms with Crippen molar-refractivity contribution in [2.24, 2.45) is 22.7 Å². The number of ketones is 2. The molecule has 0 spiro atoms. The van der Waals surface area contributed by atoms with Crippen molar-refractivity contribution in [3.63, 3.8) is 0 Å². The minimum Gasteiger partial charge on any atom is -0.479 e. The van der Waals surface area contributed by atoms with Gasteiger partial charge in [-0.15, -0.1) is 0 Å². The van der Waals surface area contributed by atoms with Crippen LogP contribution in [0.2, 0.25) is 0 Å². The van der Waals surface area contributed by atoms with E-state index in [4.69, 9.17) is 17.0 Å². The third-order valence-corrected chi connectivity index (χ3v) is 7.38. The van der Waals surface area contributed by atoms with Gasteiger partial charge >= 0.3 is 0 Å². The molecule has 0 amide bonds. The molecule has 0 bridgehead atoms. The molecule has 2 fully saturated rings. The summed E-state index contributed by atoms with van der Waals surface area (Å²) in [6.07, 6.45) is 4.53. The maximum Gasteiger partial charge on any atom is 0.220 e. The minimum absolute atomic E-state index is 0.00136. The lowest BCUT2D eigenvalue weighted by Crippen LogP contribution is -2.45. The number of thioether (sulfide) groups is 1. The van der Waals surface area contributed by atoms with Gasteiger partial charge in [-0.25, -0.2) is 0 Å². The van der Waals surface area contributed by atoms with Crippen LogP contribution in [0.4, 0.5) is 0 Å². The van der Waals surface area contributed by atoms with Crippen molar-refractivity contribution in [3.05, 3.63) is 0 Å². The molecule has 2 saturated carbocycles. The quantitative estimate of drug-likeness (QED) is 0.589. The molecule has 25 heavy (non-hydrogen) atoms. The molecule has 2 unspecified atom stereocenters. The van der Waals surface area contributed by atoms with Crippen LogP contribution in [0.1, 0.15) is 73.1 Å². The molecule has 4 atom stereocenters. The fourth-order valence-electron chi connectivity index (χ4n) is 5.28. The zero-order chi connectivity index (χ0) is 18.8. The van der Waals surface area contributed by atoms with Gasteiger partial charge in [0.2, 0.25) is 4.38 Å². The summed E-state index contributed by atoms with van der Waals surface area (Å²) in [6, 6.07) is 0. The van der Waals surface area contributed by atoms with Gasteiger partial charge in [-0.2, -0.15) is 0 Å². The standard InChI is InChI=1S/C20H32O3S2/c1-6-13(21)8-9-14-15(22)10-20(5)12-19(3,4)11-16(17(14)20)25-18(24)23-7-2/h14,16-17H,6-12H2,1-5H3/t14?,16?,17-,20+/m1/s1. The Hall–Kier alpha value is -0.420. The normalized spacial score (nSPS) is 33.8. The minimum atomic E-state index is -0.00136. The average Bonchev–Trinajstić information content (AvgIpc) is 2.73. The molecule has 0 aromatic heterocycles. The highest BCUT2D eigenvalue weighted by Gasteiger charge is 2.58. The summed E-state index contributed by atoms with van der Waals surface area (Å²) in [6.45, 7) is 11.3. The van der Waals surface area contributed by atoms with E-state index in [0.29, 0.717) is 53.6 Å². The third kappa shape index (κ3) is 4.85. The molecular formula is C20H32O3S2. The second-order valence-electron chi connectivity index (χ2n) is 8.74. The van der Waals surface area contributed by atoms with Crippen molar-refractivity contribution < 1.29 is 14.3 Å². The highest BCUT2D eigenvalue weighted by Crippen LogP contribution is 2.61. The van der Waals surface area contributed by atoms with E-state index in [-0.39, 0.29) is 22.5 Å². The van der Waals surface area contributed by atoms with E-state index in [1.54, 1.807) is 11.8 Å². The number of hydrogen-bond acceptors (Lipinski definition) is 5. The molecule has 0 aromatic carbocycles. The SMILES string of the molecule is CCOC(=S)SC1CC(C)(C)C[C@]2(C)CC(=O)C(CCC(=O)CC)[C@H]12. The topological polar surface area (TPSA) is 43.4 Å². The van der Waals surface area contributed by atoms with Gasteiger partial charge < -0.3 is 4.74 Å². The van der Waals surface area contributed by atoms with Gasteiger partial charge in [0.25, 0.3) is 0 Å². The summed E-state index contributed by atoms with van der Waals surface area (Å²) >= 11 is 7.04. The molecule has 0 saturated heterocycles. The zero-order valence-electron chi connectivity index (χ0n) is 16.2. The van der Waals surface area contributed by atoms with E-state index < -0.39 is 0 Å². The number of thiocarbonyl (C=S) groups is 1. The fourth-order valence-corrected chi connectivity index (χ4v) is 7.40. The largest absolute Gasteiger partial charge is 0.479 e. The molecule has 142 valence electrons. The van der Waals surface area contributed by atoms with Crippen LogP contribution in [0, 0.1) is 22.7 Å². The van der Waals surface area contributed by atoms with Crippen molar-refractivity contribution in [3.8, 4) is 0 Å². The first kappa shape index (κ1) is 20.9. The van der Waals surface area contributed by atoms with Gasteiger partial charge in [0.15, 0.2) is 0 Å². The highest BCUT2D eigenvalue weighted by molar-refractivity contribution is 8.23. The Morgan fingerprint density at radius 1 is 1.32 bits per heavy atom. The Morgan fingerprint density at radius 3 is 2.60 bits per heavy atom. The van der Waals surface area contributed by atoms with Gasteiger partial charge in [-0.3, -0.25) is 9.59 Å². The predicted molar refractivity (Wildman–Crippen MR) is 108 cm³/mol. The van der Waals surface area contributed by atoms with Gasteiger partial charge in [0.05, 0.1) is 6.61 Å². The Morgan fingerprint density at radius 2 is 2.00 bits per heavy atom. The number of ether oxygens (including phenoxy) is 1. The Kier molecular flexibility index (Phi) is 6.75. The van der Waals surface area contributed by atoms with Crippen LogP contribution in [-0.4, -0.2) is 27.8 Å². The first-order valence-corrected chi connectivity index (χ1v) is 10.8. The first-order valence-electron chi connectivity index (χ1n) is 9.49. The molecule has 5 heteroatoms. The van der Waals surface area contributed by atoms with E-state index in [0.717, 1.165) is 12.8 Å². The summed E-state index contributed by atoms with van der Waals surface area (Å²) in [7, 11) is 0. The molecular weight excluding hydrogens is 352 g/mol. The molecule has 0 N–H and O–H groups in total. The predicted octanol–water partition coefficient (Wildman–Crippen LogP) is 5.20. The van der Waals surface area contributed by atoms with Crippen LogP contribution in [0.25, 0.3) is 0 Å². The maximum atomic E-state index is 12.8. The fraction of sp³-hybridized carbons (Fsp3) is 0.850. The van der Waals surface area contributed by atoms with Crippen molar-refractivity contribution in [2.75, 3.05) is 6.61 Å². The van der Waals surface area contributed by atoms with E-state index in [1.165, 1.54) is 0 Å². The van der Waals surface area contributed by atoms with Gasteiger partial charge in [-0.1, -0.05) is 39.5 Å². The van der Waals surface area contributed by atoms with Crippen LogP contribution < -0.4 is 0 Å². The van der Waals surface area contributed by atoms with Crippen LogP contribution >= 0.6 is 24.0 Å². The smallest absolute Gasteiger partial charge is 0.220 e. The maximum absolute atomic E-state index is 12.8. The summed E-state index contributed by atoms with van der Waals surface area (Å²) in [5, 5.41) is 0.293. The van der Waals surface area contributed by atoms with Crippen molar-refractivity contribution in [1.82, 2.24) is 0 Å². The molecule has 0 aliphatic heterocycles. The lowest BCUT2D eigenvalue weighted by atomic mass is 9.58. The number of fused-ring (bicyclic) bond motifs is 1. The molecule has 2 aliphatic carbocycles. The molecule has 2 rings (SSSR count). The lowest BCUT2D eigenvalue weighted by molar-refractivity contribution is -0.122. The Labute approximate surface area is 162 Å². The van der Waals surface area contributed by atoms with Crippen LogP contribution in [0.5, 0.6) is 0 Å². The Bertz CT molecular complexity index is 543. The number of hydrogen-bond donors (Lipinski definition) is 0. The van der Waals surface area contributed by atoms with E-state index in [1.807, 2.05) is 13.8 Å². The summed E-state index contributed by atoms with van der Waals surface area (Å²) in [5.41, 5.74) is 0.206. The van der Waals surface area contributed by atoms with Crippen LogP contribution in [0.15, 0.2) is 0 Å². The van der Waals surface area contributed by atoms with Crippen LogP contribution in [-0.2, 0) is 14.3 Å². The first-order chi connectivity index (χ1) is 11.6. The van der Waals surface area contributed by atoms with Gasteiger partial charge in [0, 0.05) is 30.4 Å². The second-order valence-corrected chi connectivity index (χ2v) is 10.6. The van der Waals surface area contributed by atoms with Crippen molar-refractivity contribution in [1.29, 1.82) is 0 Å². The van der Waals surface area contributed by atoms with Gasteiger partial charge in [0.1, 0.15) is 11.6 Å². The number of Topliss-reactive ketones (excluding diaryl/α,β-unsaturated/α-hetero) is 2. The third-order valence-electron chi connectivity index (χ3n) is 5.90. The van der Waals surface area contributed by atoms with E-state index in [2.05, 4.69) is 20.8 Å². The van der Waals surface area contributed by atoms with E-state index >= 15 is 0 Å². The lowest BCUT2D eigenvalue weighted by Gasteiger charge is -2.50. The molecule has 0 heterocycles. The second kappa shape index (κ2) is 8.08. The summed E-state index contributed by atoms with van der Waals surface area (Å²) in [4.78, 5) is 24.6.